The fourth-order valence-electron chi connectivity index (χ4n) is 3.59. The molecule has 6 nitrogen and oxygen atoms in total. The predicted molar refractivity (Wildman–Crippen MR) is 112 cm³/mol. The van der Waals surface area contributed by atoms with E-state index in [1.807, 2.05) is 0 Å². The van der Waals surface area contributed by atoms with E-state index in [1.54, 1.807) is 42.8 Å². The van der Waals surface area contributed by atoms with Gasteiger partial charge in [-0.05, 0) is 33.8 Å². The Morgan fingerprint density at radius 1 is 1.03 bits per heavy atom. The lowest BCUT2D eigenvalue weighted by Gasteiger charge is -2.36. The highest BCUT2D eigenvalue weighted by Crippen LogP contribution is 2.21. The van der Waals surface area contributed by atoms with Crippen molar-refractivity contribution < 1.29 is 12.8 Å². The van der Waals surface area contributed by atoms with Crippen LogP contribution in [0, 0.1) is 5.82 Å². The molecule has 1 aliphatic rings. The van der Waals surface area contributed by atoms with E-state index in [0.717, 1.165) is 31.9 Å². The van der Waals surface area contributed by atoms with E-state index in [0.29, 0.717) is 18.2 Å². The maximum Gasteiger partial charge on any atom is 0.228 e. The molecule has 1 aromatic heterocycles. The minimum absolute atomic E-state index is 0.0200. The zero-order valence-corrected chi connectivity index (χ0v) is 18.5. The molecule has 1 fully saturated rings. The number of benzene rings is 1. The van der Waals surface area contributed by atoms with E-state index in [1.165, 1.54) is 6.07 Å². The maximum atomic E-state index is 14.3. The van der Waals surface area contributed by atoms with Gasteiger partial charge in [0.15, 0.2) is 0 Å². The van der Waals surface area contributed by atoms with Gasteiger partial charge in [-0.15, -0.1) is 0 Å². The molecular formula is C21H31FN4O2S. The van der Waals surface area contributed by atoms with Crippen molar-refractivity contribution in [1.82, 2.24) is 19.4 Å². The zero-order valence-electron chi connectivity index (χ0n) is 17.7. The van der Waals surface area contributed by atoms with E-state index in [9.17, 15) is 12.8 Å². The monoisotopic (exact) mass is 422 g/mol. The van der Waals surface area contributed by atoms with Crippen LogP contribution in [0.3, 0.4) is 0 Å². The Kier molecular flexibility index (Phi) is 6.76. The number of hydrogen-bond donors (Lipinski definition) is 0. The van der Waals surface area contributed by atoms with Gasteiger partial charge >= 0.3 is 0 Å². The molecule has 1 saturated heterocycles. The molecule has 3 rings (SSSR count). The Hall–Kier alpha value is -1.77. The van der Waals surface area contributed by atoms with Crippen molar-refractivity contribution in [1.29, 1.82) is 0 Å². The molecule has 0 bridgehead atoms. The summed E-state index contributed by atoms with van der Waals surface area (Å²) in [6.07, 6.45) is 1.63. The topological polar surface area (TPSA) is 58.4 Å². The number of aromatic nitrogens is 2. The van der Waals surface area contributed by atoms with Crippen molar-refractivity contribution in [2.75, 3.05) is 26.2 Å². The minimum Gasteiger partial charge on any atom is -0.313 e. The summed E-state index contributed by atoms with van der Waals surface area (Å²) in [6, 6.07) is 7.00. The van der Waals surface area contributed by atoms with Gasteiger partial charge in [-0.3, -0.25) is 9.80 Å². The van der Waals surface area contributed by atoms with Crippen LogP contribution in [0.2, 0.25) is 0 Å². The van der Waals surface area contributed by atoms with E-state index in [-0.39, 0.29) is 17.5 Å². The van der Waals surface area contributed by atoms with E-state index >= 15 is 0 Å². The van der Waals surface area contributed by atoms with Crippen molar-refractivity contribution in [3.05, 3.63) is 47.5 Å². The Labute approximate surface area is 173 Å². The van der Waals surface area contributed by atoms with Gasteiger partial charge in [-0.25, -0.2) is 17.8 Å². The normalized spacial score (nSPS) is 16.8. The molecule has 2 heterocycles. The highest BCUT2D eigenvalue weighted by Gasteiger charge is 2.28. The number of nitrogens with zero attached hydrogens (tertiary/aromatic N) is 4. The first kappa shape index (κ1) is 21.9. The van der Waals surface area contributed by atoms with Crippen LogP contribution < -0.4 is 0 Å². The average Bonchev–Trinajstić information content (AvgIpc) is 3.07. The lowest BCUT2D eigenvalue weighted by Crippen LogP contribution is -2.48. The minimum atomic E-state index is -3.58. The first-order valence-corrected chi connectivity index (χ1v) is 11.7. The summed E-state index contributed by atoms with van der Waals surface area (Å²) < 4.78 is 41.7. The number of piperazine rings is 1. The summed E-state index contributed by atoms with van der Waals surface area (Å²) in [4.78, 5) is 9.00. The second kappa shape index (κ2) is 8.93. The summed E-state index contributed by atoms with van der Waals surface area (Å²) in [5, 5.41) is -0.571. The van der Waals surface area contributed by atoms with E-state index in [4.69, 9.17) is 0 Å². The van der Waals surface area contributed by atoms with Crippen molar-refractivity contribution >= 4 is 9.84 Å². The SMILES string of the molecule is CC(C)N1CCN(Cc2cnc(S(=O)(=O)C(C)C)n2Cc2ccccc2F)CC1. The second-order valence-electron chi connectivity index (χ2n) is 8.21. The zero-order chi connectivity index (χ0) is 21.2. The number of halogens is 1. The van der Waals surface area contributed by atoms with Gasteiger partial charge < -0.3 is 4.57 Å². The van der Waals surface area contributed by atoms with Gasteiger partial charge in [0.2, 0.25) is 15.0 Å². The third-order valence-electron chi connectivity index (χ3n) is 5.59. The third-order valence-corrected chi connectivity index (χ3v) is 7.66. The van der Waals surface area contributed by atoms with Gasteiger partial charge in [-0.2, -0.15) is 0 Å². The van der Waals surface area contributed by atoms with Crippen LogP contribution in [0.4, 0.5) is 4.39 Å². The molecule has 1 aromatic carbocycles. The van der Waals surface area contributed by atoms with Crippen LogP contribution in [0.25, 0.3) is 0 Å². The summed E-state index contributed by atoms with van der Waals surface area (Å²) in [5.74, 6) is -0.342. The van der Waals surface area contributed by atoms with Gasteiger partial charge in [0.1, 0.15) is 5.82 Å². The van der Waals surface area contributed by atoms with Crippen molar-refractivity contribution in [3.8, 4) is 0 Å². The van der Waals surface area contributed by atoms with Gasteiger partial charge in [0.25, 0.3) is 0 Å². The maximum absolute atomic E-state index is 14.3. The lowest BCUT2D eigenvalue weighted by atomic mass is 10.2. The highest BCUT2D eigenvalue weighted by molar-refractivity contribution is 7.91. The Morgan fingerprint density at radius 3 is 2.28 bits per heavy atom. The summed E-state index contributed by atoms with van der Waals surface area (Å²) >= 11 is 0. The van der Waals surface area contributed by atoms with E-state index in [2.05, 4.69) is 28.6 Å². The highest BCUT2D eigenvalue weighted by atomic mass is 32.2. The van der Waals surface area contributed by atoms with Crippen molar-refractivity contribution in [3.63, 3.8) is 0 Å². The standard InChI is InChI=1S/C21H31FN4O2S/c1-16(2)25-11-9-24(10-12-25)15-19-13-23-21(29(27,28)17(3)4)26(19)14-18-7-5-6-8-20(18)22/h5-8,13,16-17H,9-12,14-15H2,1-4H3. The smallest absolute Gasteiger partial charge is 0.228 e. The predicted octanol–water partition coefficient (Wildman–Crippen LogP) is 2.78. The largest absolute Gasteiger partial charge is 0.313 e. The van der Waals surface area contributed by atoms with Crippen LogP contribution in [0.1, 0.15) is 39.0 Å². The molecule has 0 saturated carbocycles. The third kappa shape index (κ3) is 4.87. The second-order valence-corrected chi connectivity index (χ2v) is 10.6. The van der Waals surface area contributed by atoms with Crippen LogP contribution >= 0.6 is 0 Å². The molecule has 2 aromatic rings. The van der Waals surface area contributed by atoms with Crippen LogP contribution in [0.15, 0.2) is 35.6 Å². The Balaban J connectivity index is 1.89. The fourth-order valence-corrected chi connectivity index (χ4v) is 4.70. The van der Waals surface area contributed by atoms with E-state index < -0.39 is 15.1 Å². The Bertz CT molecular complexity index is 932. The average molecular weight is 423 g/mol. The first-order valence-electron chi connectivity index (χ1n) is 10.2. The molecule has 0 amide bonds. The molecular weight excluding hydrogens is 391 g/mol. The number of sulfone groups is 1. The molecule has 0 unspecified atom stereocenters. The summed E-state index contributed by atoms with van der Waals surface area (Å²) in [6.45, 7) is 12.2. The van der Waals surface area contributed by atoms with Gasteiger partial charge in [-0.1, -0.05) is 18.2 Å². The van der Waals surface area contributed by atoms with Crippen molar-refractivity contribution in [2.45, 2.75) is 57.2 Å². The number of rotatable bonds is 7. The Morgan fingerprint density at radius 2 is 1.69 bits per heavy atom. The molecule has 0 radical (unpaired) electrons. The van der Waals surface area contributed by atoms with Crippen molar-refractivity contribution in [2.24, 2.45) is 0 Å². The lowest BCUT2D eigenvalue weighted by molar-refractivity contribution is 0.102. The number of imidazole rings is 1. The summed E-state index contributed by atoms with van der Waals surface area (Å²) in [5.41, 5.74) is 1.25. The van der Waals surface area contributed by atoms with Crippen LogP contribution in [0.5, 0.6) is 0 Å². The molecule has 0 spiro atoms. The molecule has 0 atom stereocenters. The van der Waals surface area contributed by atoms with Crippen LogP contribution in [-0.4, -0.2) is 65.2 Å². The molecule has 1 aliphatic heterocycles. The first-order chi connectivity index (χ1) is 13.7. The quantitative estimate of drug-likeness (QED) is 0.687. The molecule has 0 aliphatic carbocycles. The molecule has 0 N–H and O–H groups in total. The summed E-state index contributed by atoms with van der Waals surface area (Å²) in [7, 11) is -3.58. The number of hydrogen-bond acceptors (Lipinski definition) is 5. The molecule has 29 heavy (non-hydrogen) atoms. The molecule has 8 heteroatoms. The molecule has 160 valence electrons. The van der Waals surface area contributed by atoms with Gasteiger partial charge in [0, 0.05) is 44.3 Å². The fraction of sp³-hybridized carbons (Fsp3) is 0.571. The van der Waals surface area contributed by atoms with Gasteiger partial charge in [0.05, 0.1) is 23.7 Å². The van der Waals surface area contributed by atoms with Crippen LogP contribution in [-0.2, 0) is 22.9 Å².